The number of halogens is 2. The maximum absolute atomic E-state index is 14.0. The third-order valence-corrected chi connectivity index (χ3v) is 9.07. The van der Waals surface area contributed by atoms with Crippen LogP contribution in [0.3, 0.4) is 0 Å². The molecule has 1 fully saturated rings. The van der Waals surface area contributed by atoms with E-state index in [9.17, 15) is 18.0 Å². The Hall–Kier alpha value is -2.29. The lowest BCUT2D eigenvalue weighted by atomic mass is 9.95. The highest BCUT2D eigenvalue weighted by Crippen LogP contribution is 2.31. The number of para-hydroxylation sites is 1. The molecule has 0 radical (unpaired) electrons. The Morgan fingerprint density at radius 1 is 1.00 bits per heavy atom. The Morgan fingerprint density at radius 3 is 2.18 bits per heavy atom. The van der Waals surface area contributed by atoms with Gasteiger partial charge in [-0.3, -0.25) is 13.9 Å². The van der Waals surface area contributed by atoms with Gasteiger partial charge in [0.2, 0.25) is 21.8 Å². The number of nitrogens with zero attached hydrogens (tertiary/aromatic N) is 2. The SMILES string of the molecule is CC[C@H](C(=O)NC1CCCCC1)N(Cc1c(Cl)cccc1Cl)C(=O)CN(c1ccccc1C(C)C)S(C)(=O)=O. The topological polar surface area (TPSA) is 86.8 Å². The number of nitrogens with one attached hydrogen (secondary N) is 1. The molecule has 3 rings (SSSR count). The van der Waals surface area contributed by atoms with Gasteiger partial charge in [0, 0.05) is 28.2 Å². The van der Waals surface area contributed by atoms with Crippen LogP contribution in [0.25, 0.3) is 0 Å². The zero-order chi connectivity index (χ0) is 28.7. The fourth-order valence-corrected chi connectivity index (χ4v) is 6.50. The van der Waals surface area contributed by atoms with Crippen LogP contribution in [-0.2, 0) is 26.2 Å². The zero-order valence-corrected chi connectivity index (χ0v) is 25.5. The Kier molecular flexibility index (Phi) is 11.1. The summed E-state index contributed by atoms with van der Waals surface area (Å²) in [6.07, 6.45) is 6.49. The second-order valence-corrected chi connectivity index (χ2v) is 13.2. The quantitative estimate of drug-likeness (QED) is 0.338. The van der Waals surface area contributed by atoms with Gasteiger partial charge in [0.15, 0.2) is 0 Å². The molecule has 1 N–H and O–H groups in total. The van der Waals surface area contributed by atoms with E-state index in [1.165, 1.54) is 4.90 Å². The number of sulfonamides is 1. The van der Waals surface area contributed by atoms with Crippen molar-refractivity contribution in [2.24, 2.45) is 0 Å². The van der Waals surface area contributed by atoms with Crippen molar-refractivity contribution in [3.05, 3.63) is 63.6 Å². The van der Waals surface area contributed by atoms with E-state index >= 15 is 0 Å². The maximum atomic E-state index is 14.0. The van der Waals surface area contributed by atoms with E-state index in [2.05, 4.69) is 5.32 Å². The van der Waals surface area contributed by atoms with Gasteiger partial charge < -0.3 is 10.2 Å². The number of carbonyl (C=O) groups is 2. The van der Waals surface area contributed by atoms with Crippen LogP contribution in [0.5, 0.6) is 0 Å². The summed E-state index contributed by atoms with van der Waals surface area (Å²) in [6, 6.07) is 11.4. The Labute approximate surface area is 242 Å². The van der Waals surface area contributed by atoms with Gasteiger partial charge in [0.1, 0.15) is 12.6 Å². The molecule has 0 aromatic heterocycles. The number of carbonyl (C=O) groups excluding carboxylic acids is 2. The molecule has 1 atom stereocenters. The largest absolute Gasteiger partial charge is 0.352 e. The van der Waals surface area contributed by atoms with Crippen LogP contribution in [0.1, 0.15) is 76.3 Å². The van der Waals surface area contributed by atoms with Crippen molar-refractivity contribution < 1.29 is 18.0 Å². The van der Waals surface area contributed by atoms with E-state index in [-0.39, 0.29) is 24.4 Å². The fourth-order valence-electron chi connectivity index (χ4n) is 5.12. The van der Waals surface area contributed by atoms with E-state index in [0.717, 1.165) is 48.2 Å². The number of rotatable bonds is 11. The predicted molar refractivity (Wildman–Crippen MR) is 159 cm³/mol. The molecule has 2 aromatic rings. The van der Waals surface area contributed by atoms with Crippen LogP contribution < -0.4 is 9.62 Å². The average Bonchev–Trinajstić information content (AvgIpc) is 2.88. The predicted octanol–water partition coefficient (Wildman–Crippen LogP) is 6.14. The monoisotopic (exact) mass is 595 g/mol. The van der Waals surface area contributed by atoms with Crippen LogP contribution in [0.15, 0.2) is 42.5 Å². The molecule has 0 spiro atoms. The first kappa shape index (κ1) is 31.2. The summed E-state index contributed by atoms with van der Waals surface area (Å²) in [5, 5.41) is 3.87. The van der Waals surface area contributed by atoms with Gasteiger partial charge in [0.05, 0.1) is 11.9 Å². The maximum Gasteiger partial charge on any atom is 0.244 e. The molecular formula is C29H39Cl2N3O4S. The fraction of sp³-hybridized carbons (Fsp3) is 0.517. The molecule has 7 nitrogen and oxygen atoms in total. The van der Waals surface area contributed by atoms with Crippen LogP contribution in [0.4, 0.5) is 5.69 Å². The van der Waals surface area contributed by atoms with Gasteiger partial charge in [-0.1, -0.05) is 87.5 Å². The summed E-state index contributed by atoms with van der Waals surface area (Å²) >= 11 is 12.9. The first-order chi connectivity index (χ1) is 18.4. The molecule has 0 heterocycles. The summed E-state index contributed by atoms with van der Waals surface area (Å²) in [6.45, 7) is 5.28. The van der Waals surface area contributed by atoms with Crippen molar-refractivity contribution in [3.63, 3.8) is 0 Å². The molecule has 0 bridgehead atoms. The van der Waals surface area contributed by atoms with Gasteiger partial charge in [0.25, 0.3) is 0 Å². The van der Waals surface area contributed by atoms with Gasteiger partial charge in [-0.05, 0) is 48.9 Å². The molecule has 1 aliphatic carbocycles. The highest BCUT2D eigenvalue weighted by atomic mass is 35.5. The summed E-state index contributed by atoms with van der Waals surface area (Å²) < 4.78 is 27.1. The van der Waals surface area contributed by atoms with Crippen molar-refractivity contribution in [1.82, 2.24) is 10.2 Å². The van der Waals surface area contributed by atoms with E-state index in [4.69, 9.17) is 23.2 Å². The van der Waals surface area contributed by atoms with Gasteiger partial charge in [-0.15, -0.1) is 0 Å². The number of amides is 2. The number of anilines is 1. The minimum Gasteiger partial charge on any atom is -0.352 e. The molecule has 1 aliphatic rings. The summed E-state index contributed by atoms with van der Waals surface area (Å²) in [7, 11) is -3.83. The minimum atomic E-state index is -3.83. The Bertz CT molecular complexity index is 1240. The molecule has 0 unspecified atom stereocenters. The lowest BCUT2D eigenvalue weighted by Crippen LogP contribution is -2.54. The molecule has 1 saturated carbocycles. The second kappa shape index (κ2) is 13.9. The second-order valence-electron chi connectivity index (χ2n) is 10.5. The number of hydrogen-bond donors (Lipinski definition) is 1. The van der Waals surface area contributed by atoms with Crippen LogP contribution in [0, 0.1) is 0 Å². The highest BCUT2D eigenvalue weighted by molar-refractivity contribution is 7.92. The van der Waals surface area contributed by atoms with E-state index in [0.29, 0.717) is 27.7 Å². The van der Waals surface area contributed by atoms with Gasteiger partial charge in [-0.25, -0.2) is 8.42 Å². The van der Waals surface area contributed by atoms with Crippen molar-refractivity contribution >= 4 is 50.7 Å². The molecule has 2 aromatic carbocycles. The molecular weight excluding hydrogens is 557 g/mol. The summed E-state index contributed by atoms with van der Waals surface area (Å²) in [4.78, 5) is 29.0. The normalized spacial score (nSPS) is 15.2. The Balaban J connectivity index is 2.00. The van der Waals surface area contributed by atoms with Crippen LogP contribution in [-0.4, -0.2) is 50.0 Å². The van der Waals surface area contributed by atoms with Crippen molar-refractivity contribution in [2.45, 2.75) is 83.8 Å². The summed E-state index contributed by atoms with van der Waals surface area (Å²) in [5.74, 6) is -0.738. The molecule has 39 heavy (non-hydrogen) atoms. The van der Waals surface area contributed by atoms with Crippen LogP contribution >= 0.6 is 23.2 Å². The van der Waals surface area contributed by atoms with Crippen molar-refractivity contribution in [3.8, 4) is 0 Å². The van der Waals surface area contributed by atoms with Crippen molar-refractivity contribution in [1.29, 1.82) is 0 Å². The van der Waals surface area contributed by atoms with E-state index in [1.807, 2.05) is 32.9 Å². The van der Waals surface area contributed by atoms with Gasteiger partial charge in [-0.2, -0.15) is 0 Å². The lowest BCUT2D eigenvalue weighted by molar-refractivity contribution is -0.140. The standard InChI is InChI=1S/C29H39Cl2N3O4S/c1-5-26(29(36)32-21-12-7-6-8-13-21)33(18-23-24(30)15-11-16-25(23)31)28(35)19-34(39(4,37)38)27-17-10-9-14-22(27)20(2)3/h9-11,14-17,20-21,26H,5-8,12-13,18-19H2,1-4H3,(H,32,36)/t26-/m1/s1. The lowest BCUT2D eigenvalue weighted by Gasteiger charge is -2.35. The average molecular weight is 597 g/mol. The Morgan fingerprint density at radius 2 is 1.62 bits per heavy atom. The summed E-state index contributed by atoms with van der Waals surface area (Å²) in [5.41, 5.74) is 1.75. The van der Waals surface area contributed by atoms with Crippen molar-refractivity contribution in [2.75, 3.05) is 17.1 Å². The van der Waals surface area contributed by atoms with Crippen LogP contribution in [0.2, 0.25) is 10.0 Å². The smallest absolute Gasteiger partial charge is 0.244 e. The molecule has 2 amide bonds. The molecule has 214 valence electrons. The van der Waals surface area contributed by atoms with Gasteiger partial charge >= 0.3 is 0 Å². The zero-order valence-electron chi connectivity index (χ0n) is 23.1. The third-order valence-electron chi connectivity index (χ3n) is 7.23. The van der Waals surface area contributed by atoms with E-state index in [1.54, 1.807) is 30.3 Å². The minimum absolute atomic E-state index is 0.0304. The number of hydrogen-bond acceptors (Lipinski definition) is 4. The first-order valence-corrected chi connectivity index (χ1v) is 16.1. The number of benzene rings is 2. The molecule has 0 saturated heterocycles. The first-order valence-electron chi connectivity index (χ1n) is 13.5. The molecule has 0 aliphatic heterocycles. The van der Waals surface area contributed by atoms with E-state index < -0.39 is 28.5 Å². The third kappa shape index (κ3) is 8.12. The highest BCUT2D eigenvalue weighted by Gasteiger charge is 2.34. The molecule has 10 heteroatoms.